The number of benzene rings is 1. The number of pyridine rings is 1. The molecular formula is C14H8FNO2S. The Morgan fingerprint density at radius 3 is 2.63 bits per heavy atom. The van der Waals surface area contributed by atoms with Crippen molar-refractivity contribution in [2.75, 3.05) is 0 Å². The zero-order chi connectivity index (χ0) is 13.4. The number of carbonyl (C=O) groups is 1. The lowest BCUT2D eigenvalue weighted by Gasteiger charge is -1.98. The van der Waals surface area contributed by atoms with Crippen LogP contribution in [-0.2, 0) is 0 Å². The number of ketones is 1. The Morgan fingerprint density at radius 2 is 1.95 bits per heavy atom. The molecule has 1 N–H and O–H groups in total. The average Bonchev–Trinajstić information content (AvgIpc) is 2.77. The molecule has 1 aromatic carbocycles. The Hall–Kier alpha value is -2.27. The van der Waals surface area contributed by atoms with Crippen LogP contribution in [0.1, 0.15) is 15.2 Å². The number of nitrogens with zero attached hydrogens (tertiary/aromatic N) is 1. The quantitative estimate of drug-likeness (QED) is 0.728. The van der Waals surface area contributed by atoms with E-state index in [2.05, 4.69) is 4.98 Å². The largest absolute Gasteiger partial charge is 0.506 e. The van der Waals surface area contributed by atoms with Crippen molar-refractivity contribution in [1.29, 1.82) is 0 Å². The van der Waals surface area contributed by atoms with Gasteiger partial charge in [-0.05, 0) is 36.4 Å². The van der Waals surface area contributed by atoms with Gasteiger partial charge in [0.25, 0.3) is 0 Å². The summed E-state index contributed by atoms with van der Waals surface area (Å²) in [4.78, 5) is 17.2. The van der Waals surface area contributed by atoms with Gasteiger partial charge in [-0.1, -0.05) is 0 Å². The number of thiophene rings is 1. The number of fused-ring (bicyclic) bond motifs is 1. The molecule has 0 amide bonds. The van der Waals surface area contributed by atoms with E-state index in [0.29, 0.717) is 15.8 Å². The van der Waals surface area contributed by atoms with Crippen molar-refractivity contribution < 1.29 is 14.3 Å². The number of rotatable bonds is 2. The minimum absolute atomic E-state index is 0.0672. The van der Waals surface area contributed by atoms with Crippen molar-refractivity contribution in [3.8, 4) is 5.75 Å². The van der Waals surface area contributed by atoms with Crippen LogP contribution < -0.4 is 0 Å². The minimum Gasteiger partial charge on any atom is -0.506 e. The van der Waals surface area contributed by atoms with Gasteiger partial charge in [0.05, 0.1) is 5.39 Å². The molecule has 2 aromatic heterocycles. The third kappa shape index (κ3) is 1.98. The number of carbonyl (C=O) groups excluding carboxylic acids is 1. The van der Waals surface area contributed by atoms with Crippen LogP contribution in [0, 0.1) is 5.82 Å². The zero-order valence-corrected chi connectivity index (χ0v) is 10.4. The summed E-state index contributed by atoms with van der Waals surface area (Å²) in [5.74, 6) is -0.804. The summed E-state index contributed by atoms with van der Waals surface area (Å²) in [5.41, 5.74) is 0.336. The van der Waals surface area contributed by atoms with Crippen LogP contribution in [-0.4, -0.2) is 15.9 Å². The standard InChI is InChI=1S/C14H8FNO2S/c15-9-5-3-8(4-6-9)11(17)13-12(18)10-2-1-7-16-14(10)19-13/h1-7,18H. The van der Waals surface area contributed by atoms with Gasteiger partial charge in [-0.25, -0.2) is 9.37 Å². The number of hydrogen-bond donors (Lipinski definition) is 1. The lowest BCUT2D eigenvalue weighted by Crippen LogP contribution is -1.98. The summed E-state index contributed by atoms with van der Waals surface area (Å²) in [6, 6.07) is 8.63. The fourth-order valence-corrected chi connectivity index (χ4v) is 2.80. The van der Waals surface area contributed by atoms with E-state index in [9.17, 15) is 14.3 Å². The Bertz CT molecular complexity index is 765. The molecular weight excluding hydrogens is 265 g/mol. The highest BCUT2D eigenvalue weighted by Crippen LogP contribution is 2.36. The maximum Gasteiger partial charge on any atom is 0.206 e. The molecule has 2 heterocycles. The molecule has 0 saturated carbocycles. The fourth-order valence-electron chi connectivity index (χ4n) is 1.81. The average molecular weight is 273 g/mol. The number of aromatic nitrogens is 1. The van der Waals surface area contributed by atoms with Crippen molar-refractivity contribution in [2.24, 2.45) is 0 Å². The molecule has 94 valence electrons. The zero-order valence-electron chi connectivity index (χ0n) is 9.63. The van der Waals surface area contributed by atoms with Crippen LogP contribution in [0.4, 0.5) is 4.39 Å². The molecule has 3 aromatic rings. The van der Waals surface area contributed by atoms with Gasteiger partial charge >= 0.3 is 0 Å². The maximum absolute atomic E-state index is 12.8. The van der Waals surface area contributed by atoms with Gasteiger partial charge in [-0.3, -0.25) is 4.79 Å². The first kappa shape index (κ1) is 11.8. The first-order chi connectivity index (χ1) is 9.16. The van der Waals surface area contributed by atoms with Gasteiger partial charge < -0.3 is 5.11 Å². The van der Waals surface area contributed by atoms with Crippen molar-refractivity contribution >= 4 is 27.3 Å². The molecule has 0 aliphatic carbocycles. The van der Waals surface area contributed by atoms with Crippen LogP contribution in [0.25, 0.3) is 10.2 Å². The third-order valence-electron chi connectivity index (χ3n) is 2.75. The highest BCUT2D eigenvalue weighted by Gasteiger charge is 2.19. The fraction of sp³-hybridized carbons (Fsp3) is 0. The molecule has 3 rings (SSSR count). The summed E-state index contributed by atoms with van der Waals surface area (Å²) >= 11 is 1.13. The van der Waals surface area contributed by atoms with E-state index in [1.165, 1.54) is 24.3 Å². The predicted octanol–water partition coefficient (Wildman–Crippen LogP) is 3.37. The number of hydrogen-bond acceptors (Lipinski definition) is 4. The SMILES string of the molecule is O=C(c1ccc(F)cc1)c1sc2ncccc2c1O. The van der Waals surface area contributed by atoms with E-state index in [1.54, 1.807) is 18.3 Å². The van der Waals surface area contributed by atoms with Gasteiger partial charge in [0, 0.05) is 11.8 Å². The summed E-state index contributed by atoms with van der Waals surface area (Å²) in [6.07, 6.45) is 1.60. The van der Waals surface area contributed by atoms with Crippen LogP contribution in [0.2, 0.25) is 0 Å². The second kappa shape index (κ2) is 4.44. The normalized spacial score (nSPS) is 10.8. The van der Waals surface area contributed by atoms with E-state index in [0.717, 1.165) is 11.3 Å². The third-order valence-corrected chi connectivity index (χ3v) is 3.85. The maximum atomic E-state index is 12.8. The van der Waals surface area contributed by atoms with Crippen LogP contribution in [0.5, 0.6) is 5.75 Å². The Labute approximate surface area is 112 Å². The molecule has 19 heavy (non-hydrogen) atoms. The molecule has 0 unspecified atom stereocenters. The van der Waals surface area contributed by atoms with Gasteiger partial charge in [0.15, 0.2) is 0 Å². The summed E-state index contributed by atoms with van der Waals surface area (Å²) < 4.78 is 12.8. The molecule has 0 aliphatic heterocycles. The second-order valence-corrected chi connectivity index (χ2v) is 4.97. The van der Waals surface area contributed by atoms with E-state index >= 15 is 0 Å². The highest BCUT2D eigenvalue weighted by molar-refractivity contribution is 7.21. The number of halogens is 1. The lowest BCUT2D eigenvalue weighted by molar-refractivity contribution is 0.104. The molecule has 5 heteroatoms. The molecule has 0 radical (unpaired) electrons. The summed E-state index contributed by atoms with van der Waals surface area (Å²) in [7, 11) is 0. The van der Waals surface area contributed by atoms with E-state index < -0.39 is 5.82 Å². The van der Waals surface area contributed by atoms with Crippen LogP contribution >= 0.6 is 11.3 Å². The monoisotopic (exact) mass is 273 g/mol. The van der Waals surface area contributed by atoms with Gasteiger partial charge in [0.2, 0.25) is 5.78 Å². The topological polar surface area (TPSA) is 50.2 Å². The summed E-state index contributed by atoms with van der Waals surface area (Å²) in [5, 5.41) is 10.6. The Kier molecular flexibility index (Phi) is 2.76. The molecule has 0 saturated heterocycles. The van der Waals surface area contributed by atoms with Crippen LogP contribution in [0.15, 0.2) is 42.6 Å². The molecule has 0 atom stereocenters. The minimum atomic E-state index is -0.404. The smallest absolute Gasteiger partial charge is 0.206 e. The molecule has 0 fully saturated rings. The first-order valence-electron chi connectivity index (χ1n) is 5.53. The van der Waals surface area contributed by atoms with Gasteiger partial charge in [-0.15, -0.1) is 11.3 Å². The van der Waals surface area contributed by atoms with Crippen molar-refractivity contribution in [3.05, 3.63) is 58.9 Å². The van der Waals surface area contributed by atoms with Crippen LogP contribution in [0.3, 0.4) is 0 Å². The van der Waals surface area contributed by atoms with E-state index in [1.807, 2.05) is 0 Å². The van der Waals surface area contributed by atoms with Gasteiger partial charge in [0.1, 0.15) is 21.3 Å². The molecule has 3 nitrogen and oxygen atoms in total. The Morgan fingerprint density at radius 1 is 1.21 bits per heavy atom. The number of aromatic hydroxyl groups is 1. The molecule has 0 aliphatic rings. The molecule has 0 spiro atoms. The Balaban J connectivity index is 2.11. The lowest BCUT2D eigenvalue weighted by atomic mass is 10.1. The van der Waals surface area contributed by atoms with E-state index in [4.69, 9.17) is 0 Å². The van der Waals surface area contributed by atoms with Gasteiger partial charge in [-0.2, -0.15) is 0 Å². The van der Waals surface area contributed by atoms with Crippen molar-refractivity contribution in [2.45, 2.75) is 0 Å². The van der Waals surface area contributed by atoms with E-state index in [-0.39, 0.29) is 16.4 Å². The van der Waals surface area contributed by atoms with Crippen molar-refractivity contribution in [3.63, 3.8) is 0 Å². The second-order valence-electron chi connectivity index (χ2n) is 3.97. The molecule has 0 bridgehead atoms. The first-order valence-corrected chi connectivity index (χ1v) is 6.35. The summed E-state index contributed by atoms with van der Waals surface area (Å²) in [6.45, 7) is 0. The van der Waals surface area contributed by atoms with Crippen molar-refractivity contribution in [1.82, 2.24) is 4.98 Å². The highest BCUT2D eigenvalue weighted by atomic mass is 32.1. The predicted molar refractivity (Wildman–Crippen MR) is 71.1 cm³/mol.